The van der Waals surface area contributed by atoms with E-state index >= 15 is 0 Å². The van der Waals surface area contributed by atoms with Gasteiger partial charge in [-0.1, -0.05) is 0 Å². The van der Waals surface area contributed by atoms with Gasteiger partial charge in [-0.2, -0.15) is 10.2 Å². The van der Waals surface area contributed by atoms with Gasteiger partial charge in [-0.25, -0.2) is 46.1 Å². The molecule has 0 unspecified atom stereocenters. The van der Waals surface area contributed by atoms with E-state index in [0.717, 1.165) is 75.1 Å². The number of benzene rings is 2. The number of aromatic nitrogens is 6. The number of fused-ring (bicyclic) bond motifs is 2. The number of carboxylic acids is 2. The second-order valence-electron chi connectivity index (χ2n) is 16.8. The number of aliphatic carboxylic acids is 2. The number of amides is 2. The lowest BCUT2D eigenvalue weighted by molar-refractivity contribution is -0.159. The smallest absolute Gasteiger partial charge is 0.414 e. The molecule has 4 saturated heterocycles. The Bertz CT molecular complexity index is 2740. The summed E-state index contributed by atoms with van der Waals surface area (Å²) in [6.07, 6.45) is 16.7. The highest BCUT2D eigenvalue weighted by atomic mass is 19.1. The molecular formula is C48H50F4N12O6. The zero-order valence-corrected chi connectivity index (χ0v) is 37.8. The van der Waals surface area contributed by atoms with Crippen LogP contribution in [0, 0.1) is 23.3 Å². The number of nitrogens with zero attached hydrogens (tertiary/aromatic N) is 10. The van der Waals surface area contributed by atoms with E-state index in [1.807, 2.05) is 21.9 Å². The Kier molecular flexibility index (Phi) is 15.4. The topological polar surface area (TPSA) is 206 Å². The second-order valence-corrected chi connectivity index (χ2v) is 16.8. The first-order chi connectivity index (χ1) is 33.8. The molecule has 2 amide bonds. The largest absolute Gasteiger partial charge is 0.473 e. The summed E-state index contributed by atoms with van der Waals surface area (Å²) in [7, 11) is 0. The highest BCUT2D eigenvalue weighted by molar-refractivity contribution is 6.27. The molecule has 2 aromatic carbocycles. The average molecular weight is 967 g/mol. The molecule has 366 valence electrons. The summed E-state index contributed by atoms with van der Waals surface area (Å²) in [6.45, 7) is 7.33. The van der Waals surface area contributed by atoms with Gasteiger partial charge in [0.1, 0.15) is 34.9 Å². The molecule has 4 aliphatic rings. The van der Waals surface area contributed by atoms with E-state index in [4.69, 9.17) is 29.8 Å². The molecule has 4 aliphatic heterocycles. The minimum Gasteiger partial charge on any atom is -0.473 e. The van der Waals surface area contributed by atoms with Gasteiger partial charge in [-0.3, -0.25) is 9.59 Å². The second kappa shape index (κ2) is 22.1. The van der Waals surface area contributed by atoms with Gasteiger partial charge in [-0.05, 0) is 86.4 Å². The molecule has 6 aromatic rings. The lowest BCUT2D eigenvalue weighted by Gasteiger charge is -2.26. The Balaban J connectivity index is 0.000000169. The molecule has 10 rings (SSSR count). The number of hydrogen-bond acceptors (Lipinski definition) is 12. The van der Waals surface area contributed by atoms with Gasteiger partial charge in [0.2, 0.25) is 11.8 Å². The van der Waals surface area contributed by atoms with Gasteiger partial charge < -0.3 is 40.4 Å². The summed E-state index contributed by atoms with van der Waals surface area (Å²) >= 11 is 0. The number of carbonyl (C=O) groups is 4. The lowest BCUT2D eigenvalue weighted by atomic mass is 10.0. The predicted molar refractivity (Wildman–Crippen MR) is 250 cm³/mol. The summed E-state index contributed by atoms with van der Waals surface area (Å²) in [5, 5.41) is 29.9. The molecule has 0 saturated carbocycles. The van der Waals surface area contributed by atoms with Crippen molar-refractivity contribution >= 4 is 58.8 Å². The number of piperazine rings is 2. The molecule has 0 radical (unpaired) electrons. The van der Waals surface area contributed by atoms with Crippen molar-refractivity contribution in [1.29, 1.82) is 0 Å². The van der Waals surface area contributed by atoms with Crippen LogP contribution >= 0.6 is 0 Å². The monoisotopic (exact) mass is 966 g/mol. The van der Waals surface area contributed by atoms with Crippen LogP contribution in [0.2, 0.25) is 0 Å². The fourth-order valence-electron chi connectivity index (χ4n) is 8.88. The number of anilines is 2. The zero-order chi connectivity index (χ0) is 49.3. The van der Waals surface area contributed by atoms with Crippen LogP contribution in [0.15, 0.2) is 85.5 Å². The first-order valence-electron chi connectivity index (χ1n) is 22.8. The summed E-state index contributed by atoms with van der Waals surface area (Å²) in [6, 6.07) is 10.2. The standard InChI is InChI=1S/2C23H24F2N6O.C2H2O4/c2*24-17-4-5-19(25)18(14-17)20-2-1-10-30(20)21-7-11-31-23(28-21)16(15-27-31)3-6-22(32)29-12-8-26-9-13-29;3-1(4)2(5)6/h2*3-7,11,14-15,20,26H,1-2,8-10,12-13H2;(H,3,4)(H,5,6)/b2*6-3+;/t2*20-;/m11./s1. The first kappa shape index (κ1) is 48.7. The van der Waals surface area contributed by atoms with Crippen LogP contribution in [-0.2, 0) is 19.2 Å². The van der Waals surface area contributed by atoms with E-state index in [0.29, 0.717) is 73.3 Å². The minimum absolute atomic E-state index is 0.0387. The maximum Gasteiger partial charge on any atom is 0.414 e. The highest BCUT2D eigenvalue weighted by Crippen LogP contribution is 2.38. The first-order valence-corrected chi connectivity index (χ1v) is 22.8. The number of hydrogen-bond donors (Lipinski definition) is 4. The van der Waals surface area contributed by atoms with E-state index in [-0.39, 0.29) is 23.9 Å². The average Bonchev–Trinajstić information content (AvgIpc) is 4.22. The van der Waals surface area contributed by atoms with E-state index in [1.54, 1.807) is 67.9 Å². The van der Waals surface area contributed by atoms with Gasteiger partial charge in [0.15, 0.2) is 11.3 Å². The molecule has 22 heteroatoms. The lowest BCUT2D eigenvalue weighted by Crippen LogP contribution is -2.45. The van der Waals surface area contributed by atoms with Crippen LogP contribution in [0.3, 0.4) is 0 Å². The third kappa shape index (κ3) is 11.4. The molecule has 4 N–H and O–H groups in total. The van der Waals surface area contributed by atoms with Gasteiger partial charge in [-0.15, -0.1) is 0 Å². The van der Waals surface area contributed by atoms with Crippen LogP contribution in [0.4, 0.5) is 29.2 Å². The van der Waals surface area contributed by atoms with Crippen molar-refractivity contribution in [3.63, 3.8) is 0 Å². The zero-order valence-electron chi connectivity index (χ0n) is 37.8. The Morgan fingerprint density at radius 3 is 1.36 bits per heavy atom. The molecule has 18 nitrogen and oxygen atoms in total. The molecular weight excluding hydrogens is 917 g/mol. The van der Waals surface area contributed by atoms with Gasteiger partial charge in [0.05, 0.1) is 24.5 Å². The van der Waals surface area contributed by atoms with E-state index in [1.165, 1.54) is 24.3 Å². The predicted octanol–water partition coefficient (Wildman–Crippen LogP) is 4.74. The highest BCUT2D eigenvalue weighted by Gasteiger charge is 2.31. The third-order valence-electron chi connectivity index (χ3n) is 12.3. The molecule has 4 fully saturated rings. The molecule has 70 heavy (non-hydrogen) atoms. The summed E-state index contributed by atoms with van der Waals surface area (Å²) in [4.78, 5) is 60.2. The van der Waals surface area contributed by atoms with Crippen LogP contribution in [0.5, 0.6) is 0 Å². The molecule has 0 aliphatic carbocycles. The summed E-state index contributed by atoms with van der Waals surface area (Å²) in [5.41, 5.74) is 3.36. The minimum atomic E-state index is -1.82. The van der Waals surface area contributed by atoms with Gasteiger partial charge in [0.25, 0.3) is 0 Å². The fraction of sp³-hybridized carbons (Fsp3) is 0.333. The Morgan fingerprint density at radius 1 is 0.571 bits per heavy atom. The van der Waals surface area contributed by atoms with Crippen molar-refractivity contribution in [3.8, 4) is 0 Å². The Morgan fingerprint density at radius 2 is 0.971 bits per heavy atom. The van der Waals surface area contributed by atoms with Gasteiger partial charge in [0, 0.05) is 112 Å². The number of carboxylic acid groups (broad SMARTS) is 2. The fourth-order valence-corrected chi connectivity index (χ4v) is 8.88. The number of carbonyl (C=O) groups excluding carboxylic acids is 2. The molecule has 2 atom stereocenters. The van der Waals surface area contributed by atoms with Crippen molar-refractivity contribution in [1.82, 2.24) is 49.6 Å². The van der Waals surface area contributed by atoms with Gasteiger partial charge >= 0.3 is 11.9 Å². The number of halogens is 4. The van der Waals surface area contributed by atoms with Crippen LogP contribution in [0.25, 0.3) is 23.4 Å². The maximum absolute atomic E-state index is 14.4. The maximum atomic E-state index is 14.4. The number of nitrogens with one attached hydrogen (secondary N) is 2. The molecule has 0 bridgehead atoms. The molecule has 0 spiro atoms. The SMILES string of the molecule is O=C(/C=C/c1cnn2ccc(N3CCC[C@@H]3c3cc(F)ccc3F)nc12)N1CCNCC1.O=C(/C=C/c1cnn2ccc(N3CCC[C@@H]3c3cc(F)ccc3F)nc12)N1CCNCC1.O=C(O)C(=O)O. The van der Waals surface area contributed by atoms with Crippen LogP contribution < -0.4 is 20.4 Å². The van der Waals surface area contributed by atoms with Crippen molar-refractivity contribution in [2.75, 3.05) is 75.2 Å². The summed E-state index contributed by atoms with van der Waals surface area (Å²) in [5.74, 6) is -4.11. The summed E-state index contributed by atoms with van der Waals surface area (Å²) < 4.78 is 59.7. The van der Waals surface area contributed by atoms with Crippen molar-refractivity contribution in [3.05, 3.63) is 131 Å². The Labute approximate surface area is 398 Å². The van der Waals surface area contributed by atoms with E-state index < -0.39 is 35.2 Å². The number of rotatable bonds is 8. The Hall–Kier alpha value is -7.72. The van der Waals surface area contributed by atoms with Crippen molar-refractivity contribution in [2.45, 2.75) is 37.8 Å². The van der Waals surface area contributed by atoms with Crippen LogP contribution in [-0.4, -0.2) is 138 Å². The van der Waals surface area contributed by atoms with E-state index in [9.17, 15) is 27.2 Å². The molecule has 4 aromatic heterocycles. The van der Waals surface area contributed by atoms with Crippen molar-refractivity contribution in [2.24, 2.45) is 0 Å². The van der Waals surface area contributed by atoms with Crippen molar-refractivity contribution < 1.29 is 47.0 Å². The quantitative estimate of drug-likeness (QED) is 0.0925. The normalized spacial score (nSPS) is 18.3. The molecule has 8 heterocycles. The van der Waals surface area contributed by atoms with E-state index in [2.05, 4.69) is 20.8 Å². The van der Waals surface area contributed by atoms with Crippen LogP contribution in [0.1, 0.15) is 60.0 Å². The third-order valence-corrected chi connectivity index (χ3v) is 12.3.